The van der Waals surface area contributed by atoms with Crippen molar-refractivity contribution in [1.82, 2.24) is 4.90 Å². The molecule has 1 aromatic carbocycles. The van der Waals surface area contributed by atoms with E-state index < -0.39 is 27.9 Å². The predicted octanol–water partition coefficient (Wildman–Crippen LogP) is 2.91. The summed E-state index contributed by atoms with van der Waals surface area (Å²) < 4.78 is 47.3. The van der Waals surface area contributed by atoms with Crippen LogP contribution in [0, 0.1) is 6.92 Å². The van der Waals surface area contributed by atoms with Gasteiger partial charge in [-0.3, -0.25) is 4.79 Å². The van der Waals surface area contributed by atoms with Crippen molar-refractivity contribution >= 4 is 37.2 Å². The molecular weight excluding hydrogens is 335 g/mol. The average molecular weight is 346 g/mol. The Hall–Kier alpha value is -0.920. The molecule has 20 heavy (non-hydrogen) atoms. The maximum absolute atomic E-state index is 12.3. The van der Waals surface area contributed by atoms with Gasteiger partial charge in [-0.15, -0.1) is 0 Å². The predicted molar refractivity (Wildman–Crippen MR) is 72.2 cm³/mol. The highest BCUT2D eigenvalue weighted by molar-refractivity contribution is 8.13. The molecule has 1 amide bonds. The second-order valence-corrected chi connectivity index (χ2v) is 7.06. The zero-order valence-corrected chi connectivity index (χ0v) is 12.9. The lowest BCUT2D eigenvalue weighted by atomic mass is 10.1. The largest absolute Gasteiger partial charge is 0.336 e. The third-order valence-electron chi connectivity index (χ3n) is 2.58. The van der Waals surface area contributed by atoms with Crippen molar-refractivity contribution in [2.24, 2.45) is 0 Å². The van der Waals surface area contributed by atoms with Gasteiger partial charge in [0.25, 0.3) is 21.4 Å². The normalized spacial score (nSPS) is 11.8. The molecule has 0 aliphatic carbocycles. The first-order valence-corrected chi connectivity index (χ1v) is 8.01. The van der Waals surface area contributed by atoms with Crippen LogP contribution in [0.5, 0.6) is 0 Å². The molecule has 0 aliphatic heterocycles. The van der Waals surface area contributed by atoms with Crippen LogP contribution in [0.4, 0.5) is 8.78 Å². The highest BCUT2D eigenvalue weighted by Crippen LogP contribution is 2.27. The van der Waals surface area contributed by atoms with Crippen molar-refractivity contribution in [3.05, 3.63) is 28.3 Å². The van der Waals surface area contributed by atoms with Crippen molar-refractivity contribution in [1.29, 1.82) is 0 Å². The third-order valence-corrected chi connectivity index (χ3v) is 4.24. The summed E-state index contributed by atoms with van der Waals surface area (Å²) in [5.41, 5.74) is -0.0182. The van der Waals surface area contributed by atoms with Crippen LogP contribution < -0.4 is 0 Å². The Morgan fingerprint density at radius 3 is 2.40 bits per heavy atom. The standard InChI is InChI=1S/C11H11Cl2F2NO3S/c1-6-8(11(17)16(2)5-10(14)15)3-7(12)4-9(6)20(13,18)19/h3-4,10H,5H2,1-2H3. The van der Waals surface area contributed by atoms with E-state index in [1.54, 1.807) is 0 Å². The fourth-order valence-electron chi connectivity index (χ4n) is 1.62. The van der Waals surface area contributed by atoms with Crippen LogP contribution in [0.25, 0.3) is 0 Å². The highest BCUT2D eigenvalue weighted by atomic mass is 35.7. The molecule has 0 heterocycles. The number of amides is 1. The Morgan fingerprint density at radius 2 is 1.95 bits per heavy atom. The van der Waals surface area contributed by atoms with Gasteiger partial charge in [0, 0.05) is 28.3 Å². The van der Waals surface area contributed by atoms with Crippen LogP contribution in [-0.4, -0.2) is 39.2 Å². The third kappa shape index (κ3) is 4.04. The highest BCUT2D eigenvalue weighted by Gasteiger charge is 2.23. The van der Waals surface area contributed by atoms with E-state index in [-0.39, 0.29) is 21.0 Å². The van der Waals surface area contributed by atoms with Gasteiger partial charge in [-0.25, -0.2) is 17.2 Å². The van der Waals surface area contributed by atoms with Crippen molar-refractivity contribution in [3.8, 4) is 0 Å². The van der Waals surface area contributed by atoms with E-state index in [0.717, 1.165) is 11.0 Å². The molecule has 0 aliphatic rings. The molecule has 9 heteroatoms. The molecule has 0 unspecified atom stereocenters. The van der Waals surface area contributed by atoms with E-state index in [9.17, 15) is 22.0 Å². The van der Waals surface area contributed by atoms with Crippen molar-refractivity contribution in [2.45, 2.75) is 18.2 Å². The number of rotatable bonds is 4. The number of hydrogen-bond donors (Lipinski definition) is 0. The first kappa shape index (κ1) is 17.1. The summed E-state index contributed by atoms with van der Waals surface area (Å²) in [6.45, 7) is 0.586. The number of halogens is 4. The molecule has 112 valence electrons. The minimum atomic E-state index is -4.09. The van der Waals surface area contributed by atoms with Crippen LogP contribution in [0.15, 0.2) is 17.0 Å². The van der Waals surface area contributed by atoms with Crippen LogP contribution in [0.1, 0.15) is 15.9 Å². The summed E-state index contributed by atoms with van der Waals surface area (Å²) in [7, 11) is 2.34. The van der Waals surface area contributed by atoms with E-state index in [0.29, 0.717) is 0 Å². The molecule has 0 bridgehead atoms. The van der Waals surface area contributed by atoms with Crippen molar-refractivity contribution in [2.75, 3.05) is 13.6 Å². The molecule has 0 spiro atoms. The second-order valence-electron chi connectivity index (χ2n) is 4.09. The van der Waals surface area contributed by atoms with Crippen molar-refractivity contribution in [3.63, 3.8) is 0 Å². The number of carbonyl (C=O) groups excluding carboxylic acids is 1. The maximum atomic E-state index is 12.3. The van der Waals surface area contributed by atoms with Crippen LogP contribution in [0.3, 0.4) is 0 Å². The molecule has 0 aromatic heterocycles. The van der Waals surface area contributed by atoms with E-state index in [1.165, 1.54) is 20.0 Å². The summed E-state index contributed by atoms with van der Waals surface area (Å²) in [4.78, 5) is 12.5. The van der Waals surface area contributed by atoms with Crippen LogP contribution >= 0.6 is 22.3 Å². The van der Waals surface area contributed by atoms with Gasteiger partial charge in [-0.2, -0.15) is 0 Å². The molecule has 1 rings (SSSR count). The molecule has 4 nitrogen and oxygen atoms in total. The SMILES string of the molecule is Cc1c(C(=O)N(C)CC(F)F)cc(Cl)cc1S(=O)(=O)Cl. The summed E-state index contributed by atoms with van der Waals surface area (Å²) in [6.07, 6.45) is -2.69. The molecule has 0 fully saturated rings. The molecular formula is C11H11Cl2F2NO3S. The lowest BCUT2D eigenvalue weighted by Gasteiger charge is -2.18. The number of benzene rings is 1. The smallest absolute Gasteiger partial charge is 0.261 e. The fraction of sp³-hybridized carbons (Fsp3) is 0.364. The molecule has 0 saturated carbocycles. The summed E-state index contributed by atoms with van der Waals surface area (Å²) in [5.74, 6) is -0.758. The number of hydrogen-bond acceptors (Lipinski definition) is 3. The van der Waals surface area contributed by atoms with Crippen LogP contribution in [-0.2, 0) is 9.05 Å². The Kier molecular flexibility index (Phi) is 5.34. The van der Waals surface area contributed by atoms with E-state index in [4.69, 9.17) is 22.3 Å². The van der Waals surface area contributed by atoms with Gasteiger partial charge in [0.2, 0.25) is 0 Å². The monoisotopic (exact) mass is 345 g/mol. The summed E-state index contributed by atoms with van der Waals surface area (Å²) in [5, 5.41) is -0.0244. The minimum absolute atomic E-state index is 0.0244. The Balaban J connectivity index is 3.33. The number of carbonyl (C=O) groups is 1. The van der Waals surface area contributed by atoms with Crippen LogP contribution in [0.2, 0.25) is 5.02 Å². The number of alkyl halides is 2. The summed E-state index contributed by atoms with van der Waals surface area (Å²) >= 11 is 5.74. The molecule has 0 saturated heterocycles. The maximum Gasteiger partial charge on any atom is 0.261 e. The summed E-state index contributed by atoms with van der Waals surface area (Å²) in [6, 6.07) is 2.32. The molecule has 0 radical (unpaired) electrons. The average Bonchev–Trinajstić information content (AvgIpc) is 2.28. The minimum Gasteiger partial charge on any atom is -0.336 e. The lowest BCUT2D eigenvalue weighted by molar-refractivity contribution is 0.0619. The van der Waals surface area contributed by atoms with E-state index in [1.807, 2.05) is 0 Å². The number of nitrogens with zero attached hydrogens (tertiary/aromatic N) is 1. The van der Waals surface area contributed by atoms with Gasteiger partial charge in [0.15, 0.2) is 0 Å². The van der Waals surface area contributed by atoms with Gasteiger partial charge >= 0.3 is 0 Å². The zero-order chi connectivity index (χ0) is 15.7. The van der Waals surface area contributed by atoms with E-state index in [2.05, 4.69) is 0 Å². The Labute approximate surface area is 124 Å². The van der Waals surface area contributed by atoms with E-state index >= 15 is 0 Å². The zero-order valence-electron chi connectivity index (χ0n) is 10.5. The molecule has 0 N–H and O–H groups in total. The lowest BCUT2D eigenvalue weighted by Crippen LogP contribution is -2.32. The van der Waals surface area contributed by atoms with Gasteiger partial charge in [0.1, 0.15) is 0 Å². The van der Waals surface area contributed by atoms with Gasteiger partial charge in [-0.05, 0) is 24.6 Å². The van der Waals surface area contributed by atoms with Gasteiger partial charge < -0.3 is 4.90 Å². The Bertz CT molecular complexity index is 635. The van der Waals surface area contributed by atoms with Gasteiger partial charge in [-0.1, -0.05) is 11.6 Å². The molecule has 1 aromatic rings. The quantitative estimate of drug-likeness (QED) is 0.788. The molecule has 0 atom stereocenters. The Morgan fingerprint density at radius 1 is 1.40 bits per heavy atom. The topological polar surface area (TPSA) is 54.5 Å². The first-order chi connectivity index (χ1) is 9.04. The van der Waals surface area contributed by atoms with Crippen molar-refractivity contribution < 1.29 is 22.0 Å². The second kappa shape index (κ2) is 6.24. The fourth-order valence-corrected chi connectivity index (χ4v) is 3.13. The van der Waals surface area contributed by atoms with Gasteiger partial charge in [0.05, 0.1) is 11.4 Å². The first-order valence-electron chi connectivity index (χ1n) is 5.32.